The molecule has 1 aliphatic heterocycles. The van der Waals surface area contributed by atoms with Gasteiger partial charge in [-0.25, -0.2) is 8.42 Å². The van der Waals surface area contributed by atoms with Crippen LogP contribution in [0.3, 0.4) is 0 Å². The summed E-state index contributed by atoms with van der Waals surface area (Å²) in [5, 5.41) is 3.18. The average molecular weight is 499 g/mol. The molecule has 7 nitrogen and oxygen atoms in total. The second kappa shape index (κ2) is 10.7. The summed E-state index contributed by atoms with van der Waals surface area (Å²) in [6.45, 7) is 2.43. The van der Waals surface area contributed by atoms with E-state index < -0.39 is 15.9 Å². The van der Waals surface area contributed by atoms with Crippen LogP contribution in [0.25, 0.3) is 0 Å². The van der Waals surface area contributed by atoms with Crippen molar-refractivity contribution in [1.82, 2.24) is 4.31 Å². The zero-order valence-electron chi connectivity index (χ0n) is 17.5. The minimum atomic E-state index is -3.88. The fourth-order valence-corrected chi connectivity index (χ4v) is 5.78. The Morgan fingerprint density at radius 2 is 1.88 bits per heavy atom. The van der Waals surface area contributed by atoms with Crippen molar-refractivity contribution >= 4 is 50.8 Å². The van der Waals surface area contributed by atoms with Crippen LogP contribution in [0.4, 0.5) is 5.69 Å². The smallest absolute Gasteiger partial charge is 0.310 e. The van der Waals surface area contributed by atoms with Gasteiger partial charge in [0.15, 0.2) is 0 Å². The summed E-state index contributed by atoms with van der Waals surface area (Å²) in [6.07, 6.45) is 1.28. The molecule has 32 heavy (non-hydrogen) atoms. The lowest BCUT2D eigenvalue weighted by atomic mass is 9.98. The largest absolute Gasteiger partial charge is 0.466 e. The van der Waals surface area contributed by atoms with Crippen molar-refractivity contribution in [3.63, 3.8) is 0 Å². The van der Waals surface area contributed by atoms with Crippen molar-refractivity contribution in [3.05, 3.63) is 58.1 Å². The number of halogens is 2. The zero-order valence-corrected chi connectivity index (χ0v) is 19.8. The molecule has 1 amide bonds. The molecule has 1 atom stereocenters. The van der Waals surface area contributed by atoms with Gasteiger partial charge in [0.05, 0.1) is 24.0 Å². The normalized spacial score (nSPS) is 17.0. The van der Waals surface area contributed by atoms with Crippen molar-refractivity contribution in [2.75, 3.05) is 25.0 Å². The molecule has 10 heteroatoms. The number of piperidine rings is 1. The van der Waals surface area contributed by atoms with E-state index in [0.29, 0.717) is 31.7 Å². The minimum absolute atomic E-state index is 0.0535. The molecule has 0 aromatic heterocycles. The van der Waals surface area contributed by atoms with Crippen LogP contribution < -0.4 is 5.32 Å². The molecule has 0 unspecified atom stereocenters. The molecule has 0 radical (unpaired) electrons. The van der Waals surface area contributed by atoms with Gasteiger partial charge in [-0.05, 0) is 55.7 Å². The summed E-state index contributed by atoms with van der Waals surface area (Å²) < 4.78 is 32.3. The standard InChI is InChI=1S/C22H24Cl2N2O5S/c1-2-31-21(27)12-15-5-8-18(9-6-15)25-22(28)16-4-3-11-26(14-16)32(29,30)20-13-17(23)7-10-19(20)24/h5-10,13,16H,2-4,11-12,14H2,1H3,(H,25,28)/t16-/m1/s1. The molecule has 1 N–H and O–H groups in total. The maximum Gasteiger partial charge on any atom is 0.310 e. The van der Waals surface area contributed by atoms with Gasteiger partial charge in [0.2, 0.25) is 15.9 Å². The number of nitrogens with one attached hydrogen (secondary N) is 1. The predicted molar refractivity (Wildman–Crippen MR) is 123 cm³/mol. The molecule has 1 heterocycles. The number of carbonyl (C=O) groups is 2. The van der Waals surface area contributed by atoms with Gasteiger partial charge in [0, 0.05) is 23.8 Å². The first-order valence-corrected chi connectivity index (χ1v) is 12.4. The van der Waals surface area contributed by atoms with Crippen molar-refractivity contribution in [1.29, 1.82) is 0 Å². The predicted octanol–water partition coefficient (Wildman–Crippen LogP) is 4.14. The van der Waals surface area contributed by atoms with Crippen LogP contribution in [0.15, 0.2) is 47.4 Å². The third-order valence-corrected chi connectivity index (χ3v) is 7.72. The highest BCUT2D eigenvalue weighted by molar-refractivity contribution is 7.89. The van der Waals surface area contributed by atoms with E-state index >= 15 is 0 Å². The Labute approximate surface area is 197 Å². The molecular weight excluding hydrogens is 475 g/mol. The van der Waals surface area contributed by atoms with Crippen LogP contribution in [0.1, 0.15) is 25.3 Å². The summed E-state index contributed by atoms with van der Waals surface area (Å²) >= 11 is 12.0. The van der Waals surface area contributed by atoms with Gasteiger partial charge in [-0.15, -0.1) is 0 Å². The number of anilines is 1. The van der Waals surface area contributed by atoms with Crippen molar-refractivity contribution in [3.8, 4) is 0 Å². The number of nitrogens with zero attached hydrogens (tertiary/aromatic N) is 1. The zero-order chi connectivity index (χ0) is 23.3. The fraction of sp³-hybridized carbons (Fsp3) is 0.364. The first kappa shape index (κ1) is 24.5. The number of esters is 1. The van der Waals surface area contributed by atoms with Crippen LogP contribution in [0, 0.1) is 5.92 Å². The Hall–Kier alpha value is -2.13. The lowest BCUT2D eigenvalue weighted by Gasteiger charge is -2.31. The summed E-state index contributed by atoms with van der Waals surface area (Å²) in [5.74, 6) is -1.08. The number of hydrogen-bond donors (Lipinski definition) is 1. The van der Waals surface area contributed by atoms with Gasteiger partial charge in [-0.3, -0.25) is 9.59 Å². The molecule has 1 aliphatic rings. The summed E-state index contributed by atoms with van der Waals surface area (Å²) in [5.41, 5.74) is 1.34. The number of ether oxygens (including phenoxy) is 1. The first-order chi connectivity index (χ1) is 15.2. The Morgan fingerprint density at radius 3 is 2.56 bits per heavy atom. The number of rotatable bonds is 7. The van der Waals surface area contributed by atoms with Gasteiger partial charge in [0.25, 0.3) is 0 Å². The second-order valence-electron chi connectivity index (χ2n) is 7.44. The second-order valence-corrected chi connectivity index (χ2v) is 10.2. The highest BCUT2D eigenvalue weighted by Crippen LogP contribution is 2.30. The number of sulfonamides is 1. The van der Waals surface area contributed by atoms with E-state index in [1.54, 1.807) is 31.2 Å². The van der Waals surface area contributed by atoms with E-state index in [9.17, 15) is 18.0 Å². The molecule has 0 aliphatic carbocycles. The Bertz CT molecular complexity index is 1090. The van der Waals surface area contributed by atoms with E-state index in [2.05, 4.69) is 5.32 Å². The fourth-order valence-electron chi connectivity index (χ4n) is 3.52. The maximum atomic E-state index is 13.1. The Morgan fingerprint density at radius 1 is 1.16 bits per heavy atom. The van der Waals surface area contributed by atoms with E-state index in [4.69, 9.17) is 27.9 Å². The number of benzene rings is 2. The van der Waals surface area contributed by atoms with Gasteiger partial charge < -0.3 is 10.1 Å². The highest BCUT2D eigenvalue weighted by atomic mass is 35.5. The molecule has 2 aromatic carbocycles. The molecule has 1 fully saturated rings. The number of hydrogen-bond acceptors (Lipinski definition) is 5. The molecular formula is C22H24Cl2N2O5S. The van der Waals surface area contributed by atoms with E-state index in [1.807, 2.05) is 0 Å². The summed E-state index contributed by atoms with van der Waals surface area (Å²) in [6, 6.07) is 11.2. The lowest BCUT2D eigenvalue weighted by molar-refractivity contribution is -0.142. The minimum Gasteiger partial charge on any atom is -0.466 e. The van der Waals surface area contributed by atoms with Crippen molar-refractivity contribution < 1.29 is 22.7 Å². The molecule has 1 saturated heterocycles. The van der Waals surface area contributed by atoms with Gasteiger partial charge in [0.1, 0.15) is 4.90 Å². The molecule has 172 valence electrons. The topological polar surface area (TPSA) is 92.8 Å². The molecule has 3 rings (SSSR count). The van der Waals surface area contributed by atoms with Crippen molar-refractivity contribution in [2.24, 2.45) is 5.92 Å². The Balaban J connectivity index is 1.65. The number of amides is 1. The highest BCUT2D eigenvalue weighted by Gasteiger charge is 2.34. The molecule has 2 aromatic rings. The quantitative estimate of drug-likeness (QED) is 0.579. The van der Waals surface area contributed by atoms with E-state index in [-0.39, 0.29) is 39.8 Å². The summed E-state index contributed by atoms with van der Waals surface area (Å²) in [7, 11) is -3.88. The average Bonchev–Trinajstić information content (AvgIpc) is 2.77. The Kier molecular flexibility index (Phi) is 8.16. The van der Waals surface area contributed by atoms with Gasteiger partial charge in [-0.1, -0.05) is 35.3 Å². The molecule has 0 bridgehead atoms. The third kappa shape index (κ3) is 6.01. The third-order valence-electron chi connectivity index (χ3n) is 5.14. The van der Waals surface area contributed by atoms with Crippen LogP contribution >= 0.6 is 23.2 Å². The van der Waals surface area contributed by atoms with Gasteiger partial charge >= 0.3 is 5.97 Å². The van der Waals surface area contributed by atoms with E-state index in [1.165, 1.54) is 22.5 Å². The molecule has 0 spiro atoms. The van der Waals surface area contributed by atoms with Gasteiger partial charge in [-0.2, -0.15) is 4.31 Å². The molecule has 0 saturated carbocycles. The summed E-state index contributed by atoms with van der Waals surface area (Å²) in [4.78, 5) is 24.3. The van der Waals surface area contributed by atoms with Crippen LogP contribution in [0.2, 0.25) is 10.0 Å². The van der Waals surface area contributed by atoms with Crippen molar-refractivity contribution in [2.45, 2.75) is 31.1 Å². The van der Waals surface area contributed by atoms with Crippen LogP contribution in [-0.2, 0) is 30.8 Å². The number of carbonyl (C=O) groups excluding carboxylic acids is 2. The van der Waals surface area contributed by atoms with Crippen LogP contribution in [0.5, 0.6) is 0 Å². The maximum absolute atomic E-state index is 13.1. The monoisotopic (exact) mass is 498 g/mol. The van der Waals surface area contributed by atoms with E-state index in [0.717, 1.165) is 5.56 Å². The SMILES string of the molecule is CCOC(=O)Cc1ccc(NC(=O)[C@@H]2CCCN(S(=O)(=O)c3cc(Cl)ccc3Cl)C2)cc1. The lowest BCUT2D eigenvalue weighted by Crippen LogP contribution is -2.43. The van der Waals surface area contributed by atoms with Crippen LogP contribution in [-0.4, -0.2) is 44.3 Å². The first-order valence-electron chi connectivity index (χ1n) is 10.2.